The minimum Gasteiger partial charge on any atom is -0.493 e. The van der Waals surface area contributed by atoms with E-state index in [2.05, 4.69) is 64.6 Å². The molecule has 0 aliphatic heterocycles. The standard InChI is InChI=1S/C25H27BrClNO2/c1-3-7-23(20-8-5-4-6-9-20)28-16-19-14-22(26)25(24(15-19)29-2)30-17-18-10-12-21(27)13-11-18/h4-6,8-15,23,28H,3,7,16-17H2,1-2H3. The van der Waals surface area contributed by atoms with Gasteiger partial charge in [-0.1, -0.05) is 67.4 Å². The predicted octanol–water partition coefficient (Wildman–Crippen LogP) is 7.32. The third kappa shape index (κ3) is 6.24. The van der Waals surface area contributed by atoms with Gasteiger partial charge < -0.3 is 14.8 Å². The van der Waals surface area contributed by atoms with Crippen LogP contribution in [-0.4, -0.2) is 7.11 Å². The van der Waals surface area contributed by atoms with Crippen molar-refractivity contribution in [1.82, 2.24) is 5.32 Å². The van der Waals surface area contributed by atoms with Gasteiger partial charge in [0.2, 0.25) is 0 Å². The summed E-state index contributed by atoms with van der Waals surface area (Å²) >= 11 is 9.61. The minimum atomic E-state index is 0.321. The molecule has 0 fully saturated rings. The van der Waals surface area contributed by atoms with Crippen molar-refractivity contribution in [2.24, 2.45) is 0 Å². The number of nitrogens with one attached hydrogen (secondary N) is 1. The molecule has 3 nitrogen and oxygen atoms in total. The Bertz CT molecular complexity index is 932. The Kier molecular flexibility index (Phi) is 8.61. The molecule has 1 atom stereocenters. The van der Waals surface area contributed by atoms with Crippen LogP contribution < -0.4 is 14.8 Å². The summed E-state index contributed by atoms with van der Waals surface area (Å²) in [6.45, 7) is 3.40. The molecule has 158 valence electrons. The van der Waals surface area contributed by atoms with Crippen LogP contribution >= 0.6 is 27.5 Å². The highest BCUT2D eigenvalue weighted by molar-refractivity contribution is 9.10. The highest BCUT2D eigenvalue weighted by Gasteiger charge is 2.14. The van der Waals surface area contributed by atoms with Gasteiger partial charge in [-0.15, -0.1) is 0 Å². The van der Waals surface area contributed by atoms with E-state index in [1.807, 2.05) is 30.3 Å². The zero-order chi connectivity index (χ0) is 21.3. The quantitative estimate of drug-likeness (QED) is 0.324. The third-order valence-corrected chi connectivity index (χ3v) is 5.76. The first-order chi connectivity index (χ1) is 14.6. The SMILES string of the molecule is CCCC(NCc1cc(Br)c(OCc2ccc(Cl)cc2)c(OC)c1)c1ccccc1. The van der Waals surface area contributed by atoms with Gasteiger partial charge >= 0.3 is 0 Å². The van der Waals surface area contributed by atoms with Gasteiger partial charge in [0, 0.05) is 17.6 Å². The van der Waals surface area contributed by atoms with Gasteiger partial charge in [0.1, 0.15) is 6.61 Å². The Labute approximate surface area is 192 Å². The second kappa shape index (κ2) is 11.4. The smallest absolute Gasteiger partial charge is 0.175 e. The van der Waals surface area contributed by atoms with Crippen molar-refractivity contribution in [1.29, 1.82) is 0 Å². The fourth-order valence-corrected chi connectivity index (χ4v) is 4.08. The molecular weight excluding hydrogens is 462 g/mol. The number of methoxy groups -OCH3 is 1. The lowest BCUT2D eigenvalue weighted by Crippen LogP contribution is -2.20. The van der Waals surface area contributed by atoms with Crippen LogP contribution in [0.2, 0.25) is 5.02 Å². The predicted molar refractivity (Wildman–Crippen MR) is 127 cm³/mol. The second-order valence-electron chi connectivity index (χ2n) is 7.16. The molecule has 5 heteroatoms. The molecule has 0 amide bonds. The summed E-state index contributed by atoms with van der Waals surface area (Å²) in [5, 5.41) is 4.40. The number of benzene rings is 3. The molecule has 0 heterocycles. The number of rotatable bonds is 10. The Hall–Kier alpha value is -2.01. The molecule has 1 N–H and O–H groups in total. The van der Waals surface area contributed by atoms with Crippen LogP contribution in [0.4, 0.5) is 0 Å². The van der Waals surface area contributed by atoms with Gasteiger partial charge in [0.15, 0.2) is 11.5 Å². The molecule has 0 bridgehead atoms. The molecule has 0 saturated carbocycles. The average Bonchev–Trinajstić information content (AvgIpc) is 2.77. The number of ether oxygens (including phenoxy) is 2. The van der Waals surface area contributed by atoms with E-state index >= 15 is 0 Å². The van der Waals surface area contributed by atoms with Crippen LogP contribution in [-0.2, 0) is 13.2 Å². The Balaban J connectivity index is 1.70. The van der Waals surface area contributed by atoms with E-state index in [0.717, 1.165) is 35.0 Å². The maximum Gasteiger partial charge on any atom is 0.175 e. The fraction of sp³-hybridized carbons (Fsp3) is 0.280. The van der Waals surface area contributed by atoms with Crippen molar-refractivity contribution in [3.63, 3.8) is 0 Å². The van der Waals surface area contributed by atoms with E-state index in [4.69, 9.17) is 21.1 Å². The largest absolute Gasteiger partial charge is 0.493 e. The highest BCUT2D eigenvalue weighted by atomic mass is 79.9. The summed E-state index contributed by atoms with van der Waals surface area (Å²) in [5.41, 5.74) is 3.49. The van der Waals surface area contributed by atoms with Gasteiger partial charge in [-0.2, -0.15) is 0 Å². The molecule has 0 spiro atoms. The lowest BCUT2D eigenvalue weighted by Gasteiger charge is -2.20. The molecule has 0 radical (unpaired) electrons. The molecule has 30 heavy (non-hydrogen) atoms. The molecule has 3 aromatic carbocycles. The fourth-order valence-electron chi connectivity index (χ4n) is 3.35. The molecule has 0 aliphatic carbocycles. The normalized spacial score (nSPS) is 11.9. The summed E-state index contributed by atoms with van der Waals surface area (Å²) < 4.78 is 12.5. The maximum absolute atomic E-state index is 6.04. The van der Waals surface area contributed by atoms with Crippen LogP contribution in [0.1, 0.15) is 42.5 Å². The topological polar surface area (TPSA) is 30.5 Å². The van der Waals surface area contributed by atoms with Gasteiger partial charge in [-0.25, -0.2) is 0 Å². The van der Waals surface area contributed by atoms with E-state index in [0.29, 0.717) is 29.2 Å². The van der Waals surface area contributed by atoms with Crippen molar-refractivity contribution in [2.45, 2.75) is 39.0 Å². The number of hydrogen-bond donors (Lipinski definition) is 1. The highest BCUT2D eigenvalue weighted by Crippen LogP contribution is 2.37. The van der Waals surface area contributed by atoms with Crippen molar-refractivity contribution in [2.75, 3.05) is 7.11 Å². The molecule has 0 aromatic heterocycles. The first-order valence-corrected chi connectivity index (χ1v) is 11.3. The molecule has 3 rings (SSSR count). The van der Waals surface area contributed by atoms with Crippen LogP contribution in [0.15, 0.2) is 71.2 Å². The minimum absolute atomic E-state index is 0.321. The van der Waals surface area contributed by atoms with Crippen molar-refractivity contribution >= 4 is 27.5 Å². The summed E-state index contributed by atoms with van der Waals surface area (Å²) in [5.74, 6) is 1.41. The van der Waals surface area contributed by atoms with E-state index in [9.17, 15) is 0 Å². The lowest BCUT2D eigenvalue weighted by molar-refractivity contribution is 0.282. The summed E-state index contributed by atoms with van der Waals surface area (Å²) in [6, 6.07) is 22.7. The number of hydrogen-bond acceptors (Lipinski definition) is 3. The second-order valence-corrected chi connectivity index (χ2v) is 8.45. The molecule has 0 aliphatic rings. The number of halogens is 2. The monoisotopic (exact) mass is 487 g/mol. The molecule has 1 unspecified atom stereocenters. The van der Waals surface area contributed by atoms with Crippen molar-refractivity contribution in [3.05, 3.63) is 92.9 Å². The van der Waals surface area contributed by atoms with Gasteiger partial charge in [-0.05, 0) is 63.3 Å². The Morgan fingerprint density at radius 1 is 1.00 bits per heavy atom. The first kappa shape index (κ1) is 22.7. The zero-order valence-electron chi connectivity index (χ0n) is 17.3. The van der Waals surface area contributed by atoms with Gasteiger partial charge in [0.05, 0.1) is 11.6 Å². The summed E-state index contributed by atoms with van der Waals surface area (Å²) in [4.78, 5) is 0. The van der Waals surface area contributed by atoms with Crippen LogP contribution in [0.25, 0.3) is 0 Å². The van der Waals surface area contributed by atoms with Crippen molar-refractivity contribution in [3.8, 4) is 11.5 Å². The zero-order valence-corrected chi connectivity index (χ0v) is 19.7. The molecule has 3 aromatic rings. The first-order valence-electron chi connectivity index (χ1n) is 10.1. The third-order valence-electron chi connectivity index (χ3n) is 4.92. The maximum atomic E-state index is 6.04. The Morgan fingerprint density at radius 3 is 2.40 bits per heavy atom. The summed E-state index contributed by atoms with van der Waals surface area (Å²) in [7, 11) is 1.66. The van der Waals surface area contributed by atoms with E-state index in [1.165, 1.54) is 5.56 Å². The average molecular weight is 489 g/mol. The van der Waals surface area contributed by atoms with E-state index in [-0.39, 0.29) is 0 Å². The van der Waals surface area contributed by atoms with Crippen molar-refractivity contribution < 1.29 is 9.47 Å². The molecule has 0 saturated heterocycles. The van der Waals surface area contributed by atoms with Gasteiger partial charge in [-0.3, -0.25) is 0 Å². The van der Waals surface area contributed by atoms with E-state index in [1.54, 1.807) is 7.11 Å². The van der Waals surface area contributed by atoms with E-state index < -0.39 is 0 Å². The van der Waals surface area contributed by atoms with Gasteiger partial charge in [0.25, 0.3) is 0 Å². The van der Waals surface area contributed by atoms with Crippen LogP contribution in [0.3, 0.4) is 0 Å². The van der Waals surface area contributed by atoms with Crippen LogP contribution in [0.5, 0.6) is 11.5 Å². The summed E-state index contributed by atoms with van der Waals surface area (Å²) in [6.07, 6.45) is 2.21. The van der Waals surface area contributed by atoms with Crippen LogP contribution in [0, 0.1) is 0 Å². The molecular formula is C25H27BrClNO2. The Morgan fingerprint density at radius 2 is 1.73 bits per heavy atom. The lowest BCUT2D eigenvalue weighted by atomic mass is 10.0.